The van der Waals surface area contributed by atoms with Crippen LogP contribution >= 0.6 is 0 Å². The first-order valence-corrected chi connectivity index (χ1v) is 10.7. The number of hydrogen-bond donors (Lipinski definition) is 6. The van der Waals surface area contributed by atoms with Gasteiger partial charge in [-0.25, -0.2) is 0 Å². The van der Waals surface area contributed by atoms with Crippen molar-refractivity contribution in [2.75, 3.05) is 19.8 Å². The molecule has 34 heavy (non-hydrogen) atoms. The normalized spacial score (nSPS) is 26.3. The summed E-state index contributed by atoms with van der Waals surface area (Å²) in [7, 11) is 0. The van der Waals surface area contributed by atoms with Crippen molar-refractivity contribution in [2.45, 2.75) is 30.7 Å². The molecule has 1 saturated heterocycles. The molecule has 0 radical (unpaired) electrons. The number of aromatic amines is 1. The van der Waals surface area contributed by atoms with E-state index in [2.05, 4.69) is 10.2 Å². The molecule has 2 aliphatic rings. The number of aliphatic hydroxyl groups excluding tert-OH is 4. The van der Waals surface area contributed by atoms with Gasteiger partial charge in [0.1, 0.15) is 49.1 Å². The molecule has 0 aliphatic carbocycles. The molecule has 11 heteroatoms. The number of H-pyrrole nitrogens is 1. The lowest BCUT2D eigenvalue weighted by atomic mass is 9.99. The predicted molar refractivity (Wildman–Crippen MR) is 117 cm³/mol. The standard InChI is InChI=1S/C23H24N2O9/c26-10-18-20(28)21(29)22(30)23(34-18)33-12-2-3-13(15(27)8-12)19-14(9-24-25-19)11-1-4-16-17(7-11)32-6-5-31-16/h1-4,7-9,18,20-23,26-30H,5-6,10H2,(H,24,25)/t18-,20+,21+,22-,23-/m0/s1. The third-order valence-electron chi connectivity index (χ3n) is 5.83. The summed E-state index contributed by atoms with van der Waals surface area (Å²) in [6.07, 6.45) is -5.44. The van der Waals surface area contributed by atoms with Crippen LogP contribution in [0.25, 0.3) is 22.4 Å². The number of hydrogen-bond acceptors (Lipinski definition) is 10. The number of rotatable bonds is 5. The lowest BCUT2D eigenvalue weighted by Gasteiger charge is -2.39. The summed E-state index contributed by atoms with van der Waals surface area (Å²) >= 11 is 0. The molecule has 1 aromatic heterocycles. The fourth-order valence-electron chi connectivity index (χ4n) is 4.02. The van der Waals surface area contributed by atoms with Crippen molar-refractivity contribution in [1.82, 2.24) is 10.2 Å². The molecule has 5 atom stereocenters. The first-order chi connectivity index (χ1) is 16.5. The molecule has 6 N–H and O–H groups in total. The molecule has 5 rings (SSSR count). The summed E-state index contributed by atoms with van der Waals surface area (Å²) in [6.45, 7) is 0.386. The second-order valence-corrected chi connectivity index (χ2v) is 8.01. The zero-order valence-electron chi connectivity index (χ0n) is 17.9. The lowest BCUT2D eigenvalue weighted by molar-refractivity contribution is -0.277. The highest BCUT2D eigenvalue weighted by Gasteiger charge is 2.44. The number of nitrogens with zero attached hydrogens (tertiary/aromatic N) is 1. The minimum atomic E-state index is -1.57. The largest absolute Gasteiger partial charge is 0.507 e. The van der Waals surface area contributed by atoms with Crippen LogP contribution in [0.1, 0.15) is 0 Å². The van der Waals surface area contributed by atoms with Crippen LogP contribution in [0.2, 0.25) is 0 Å². The Kier molecular flexibility index (Phi) is 6.02. The first kappa shape index (κ1) is 22.4. The molecule has 2 aliphatic heterocycles. The maximum Gasteiger partial charge on any atom is 0.229 e. The predicted octanol–water partition coefficient (Wildman–Crippen LogP) is 0.399. The molecule has 0 amide bonds. The van der Waals surface area contributed by atoms with Gasteiger partial charge in [0.2, 0.25) is 6.29 Å². The first-order valence-electron chi connectivity index (χ1n) is 10.7. The highest BCUT2D eigenvalue weighted by atomic mass is 16.7. The van der Waals surface area contributed by atoms with Crippen molar-refractivity contribution < 1.29 is 44.5 Å². The summed E-state index contributed by atoms with van der Waals surface area (Å²) in [4.78, 5) is 0. The average molecular weight is 472 g/mol. The summed E-state index contributed by atoms with van der Waals surface area (Å²) in [5.74, 6) is 1.30. The quantitative estimate of drug-likeness (QED) is 0.306. The van der Waals surface area contributed by atoms with Gasteiger partial charge >= 0.3 is 0 Å². The number of ether oxygens (including phenoxy) is 4. The minimum absolute atomic E-state index is 0.134. The molecular formula is C23H24N2O9. The summed E-state index contributed by atoms with van der Waals surface area (Å²) in [5, 5.41) is 57.0. The van der Waals surface area contributed by atoms with Gasteiger partial charge < -0.3 is 44.5 Å². The van der Waals surface area contributed by atoms with Gasteiger partial charge in [-0.05, 0) is 29.8 Å². The van der Waals surface area contributed by atoms with Crippen molar-refractivity contribution in [2.24, 2.45) is 0 Å². The number of aromatic nitrogens is 2. The maximum absolute atomic E-state index is 10.7. The fourth-order valence-corrected chi connectivity index (χ4v) is 4.02. The van der Waals surface area contributed by atoms with E-state index in [1.807, 2.05) is 18.2 Å². The van der Waals surface area contributed by atoms with Crippen molar-refractivity contribution in [1.29, 1.82) is 0 Å². The van der Waals surface area contributed by atoms with Crippen LogP contribution < -0.4 is 14.2 Å². The summed E-state index contributed by atoms with van der Waals surface area (Å²) < 4.78 is 22.1. The van der Waals surface area contributed by atoms with Crippen LogP contribution in [0.3, 0.4) is 0 Å². The Labute approximate surface area is 193 Å². The number of phenols is 1. The van der Waals surface area contributed by atoms with E-state index in [0.717, 1.165) is 11.1 Å². The van der Waals surface area contributed by atoms with Crippen LogP contribution in [0.5, 0.6) is 23.0 Å². The van der Waals surface area contributed by atoms with Gasteiger partial charge in [0.15, 0.2) is 11.5 Å². The lowest BCUT2D eigenvalue weighted by Crippen LogP contribution is -2.60. The molecule has 0 spiro atoms. The number of nitrogens with one attached hydrogen (secondary N) is 1. The van der Waals surface area contributed by atoms with E-state index in [1.54, 1.807) is 18.3 Å². The van der Waals surface area contributed by atoms with E-state index in [-0.39, 0.29) is 11.5 Å². The molecule has 0 unspecified atom stereocenters. The second kappa shape index (κ2) is 9.12. The third-order valence-corrected chi connectivity index (χ3v) is 5.83. The van der Waals surface area contributed by atoms with Crippen LogP contribution in [-0.4, -0.2) is 86.3 Å². The van der Waals surface area contributed by atoms with Crippen LogP contribution in [-0.2, 0) is 4.74 Å². The Balaban J connectivity index is 1.39. The van der Waals surface area contributed by atoms with Crippen molar-refractivity contribution >= 4 is 0 Å². The van der Waals surface area contributed by atoms with Crippen molar-refractivity contribution in [3.63, 3.8) is 0 Å². The zero-order valence-corrected chi connectivity index (χ0v) is 17.9. The Morgan fingerprint density at radius 2 is 1.74 bits per heavy atom. The molecule has 3 heterocycles. The molecule has 2 aromatic carbocycles. The van der Waals surface area contributed by atoms with Gasteiger partial charge in [-0.2, -0.15) is 5.10 Å². The molecule has 180 valence electrons. The Morgan fingerprint density at radius 3 is 2.50 bits per heavy atom. The summed E-state index contributed by atoms with van der Waals surface area (Å²) in [5.41, 5.74) is 2.56. The van der Waals surface area contributed by atoms with E-state index in [4.69, 9.17) is 18.9 Å². The average Bonchev–Trinajstić information content (AvgIpc) is 3.34. The number of phenolic OH excluding ortho intramolecular Hbond substituents is 1. The topological polar surface area (TPSA) is 167 Å². The van der Waals surface area contributed by atoms with Gasteiger partial charge in [-0.1, -0.05) is 6.07 Å². The number of aromatic hydroxyl groups is 1. The Morgan fingerprint density at radius 1 is 0.941 bits per heavy atom. The van der Waals surface area contributed by atoms with Crippen LogP contribution in [0.4, 0.5) is 0 Å². The molecule has 0 saturated carbocycles. The molecular weight excluding hydrogens is 448 g/mol. The third kappa shape index (κ3) is 4.04. The van der Waals surface area contributed by atoms with Crippen molar-refractivity contribution in [3.05, 3.63) is 42.6 Å². The maximum atomic E-state index is 10.7. The van der Waals surface area contributed by atoms with Gasteiger partial charge in [-0.15, -0.1) is 0 Å². The van der Waals surface area contributed by atoms with Gasteiger partial charge in [0.05, 0.1) is 18.5 Å². The van der Waals surface area contributed by atoms with Gasteiger partial charge in [-0.3, -0.25) is 5.10 Å². The Hall–Kier alpha value is -3.35. The molecule has 0 bridgehead atoms. The number of aliphatic hydroxyl groups is 4. The molecule has 3 aromatic rings. The Bertz CT molecular complexity index is 1170. The molecule has 1 fully saturated rings. The SMILES string of the molecule is OC[C@@H]1O[C@H](Oc2ccc(-c3[nH]ncc3-c3ccc4c(c3)OCCO4)c(O)c2)[C@@H](O)[C@H](O)[C@@H]1O. The van der Waals surface area contributed by atoms with Gasteiger partial charge in [0.25, 0.3) is 0 Å². The van der Waals surface area contributed by atoms with Crippen LogP contribution in [0.15, 0.2) is 42.6 Å². The van der Waals surface area contributed by atoms with E-state index in [9.17, 15) is 25.5 Å². The molecule has 11 nitrogen and oxygen atoms in total. The zero-order chi connectivity index (χ0) is 23.8. The second-order valence-electron chi connectivity index (χ2n) is 8.01. The van der Waals surface area contributed by atoms with E-state index in [0.29, 0.717) is 36.0 Å². The number of fused-ring (bicyclic) bond motifs is 1. The summed E-state index contributed by atoms with van der Waals surface area (Å²) in [6, 6.07) is 10.0. The van der Waals surface area contributed by atoms with E-state index in [1.165, 1.54) is 6.07 Å². The fraction of sp³-hybridized carbons (Fsp3) is 0.348. The van der Waals surface area contributed by atoms with E-state index >= 15 is 0 Å². The highest BCUT2D eigenvalue weighted by molar-refractivity contribution is 5.84. The highest BCUT2D eigenvalue weighted by Crippen LogP contribution is 2.40. The minimum Gasteiger partial charge on any atom is -0.507 e. The smallest absolute Gasteiger partial charge is 0.229 e. The monoisotopic (exact) mass is 472 g/mol. The number of benzene rings is 2. The van der Waals surface area contributed by atoms with Gasteiger partial charge in [0, 0.05) is 17.2 Å². The van der Waals surface area contributed by atoms with E-state index < -0.39 is 37.3 Å². The van der Waals surface area contributed by atoms with Crippen molar-refractivity contribution in [3.8, 4) is 45.4 Å². The van der Waals surface area contributed by atoms with Crippen LogP contribution in [0, 0.1) is 0 Å².